The van der Waals surface area contributed by atoms with Gasteiger partial charge in [-0.25, -0.2) is 4.79 Å². The molecule has 0 aromatic carbocycles. The summed E-state index contributed by atoms with van der Waals surface area (Å²) in [6, 6.07) is 0. The molecule has 0 aliphatic heterocycles. The van der Waals surface area contributed by atoms with E-state index in [4.69, 9.17) is 0 Å². The predicted octanol–water partition coefficient (Wildman–Crippen LogP) is 0.669. The minimum atomic E-state index is -0.405. The van der Waals surface area contributed by atoms with Crippen LogP contribution < -0.4 is 0 Å². The minimum absolute atomic E-state index is 0.294. The van der Waals surface area contributed by atoms with Crippen LogP contribution in [0.4, 0.5) is 0 Å². The lowest BCUT2D eigenvalue weighted by Gasteiger charge is -1.96. The molecule has 0 N–H and O–H groups in total. The van der Waals surface area contributed by atoms with Crippen molar-refractivity contribution < 1.29 is 19.1 Å². The van der Waals surface area contributed by atoms with Crippen LogP contribution in [0.2, 0.25) is 0 Å². The Morgan fingerprint density at radius 2 is 2.08 bits per heavy atom. The fraction of sp³-hybridized carbons (Fsp3) is 0.500. The maximum Gasteiger partial charge on any atom is 0.330 e. The van der Waals surface area contributed by atoms with E-state index in [1.807, 2.05) is 0 Å². The van der Waals surface area contributed by atoms with Crippen LogP contribution in [0.3, 0.4) is 0 Å². The average Bonchev–Trinajstić information content (AvgIpc) is 2.03. The van der Waals surface area contributed by atoms with Gasteiger partial charge in [-0.2, -0.15) is 0 Å². The molecule has 12 heavy (non-hydrogen) atoms. The van der Waals surface area contributed by atoms with Crippen molar-refractivity contribution in [2.75, 3.05) is 13.7 Å². The van der Waals surface area contributed by atoms with E-state index in [2.05, 4.69) is 9.47 Å². The number of rotatable bonds is 4. The van der Waals surface area contributed by atoms with Crippen LogP contribution in [0.15, 0.2) is 12.2 Å². The molecule has 0 aromatic heterocycles. The first-order chi connectivity index (χ1) is 5.66. The number of hydrogen-bond acceptors (Lipinski definition) is 4. The summed E-state index contributed by atoms with van der Waals surface area (Å²) in [5.74, 6) is -0.723. The zero-order chi connectivity index (χ0) is 9.40. The first kappa shape index (κ1) is 10.7. The summed E-state index contributed by atoms with van der Waals surface area (Å²) in [6.07, 6.45) is 3.41. The highest BCUT2D eigenvalue weighted by atomic mass is 16.5. The maximum atomic E-state index is 10.5. The molecule has 0 spiro atoms. The number of ether oxygens (including phenoxy) is 2. The van der Waals surface area contributed by atoms with Crippen molar-refractivity contribution in [3.63, 3.8) is 0 Å². The van der Waals surface area contributed by atoms with E-state index in [1.54, 1.807) is 6.08 Å². The van der Waals surface area contributed by atoms with Gasteiger partial charge in [0, 0.05) is 19.4 Å². The standard InChI is InChI=1S/C8H12O4/c1-7(9)12-6-4-3-5-8(10)11-2/h3,5H,4,6H2,1-2H3. The number of hydrogen-bond donors (Lipinski definition) is 0. The number of carbonyl (C=O) groups excluding carboxylic acids is 2. The Kier molecular flexibility index (Phi) is 5.69. The van der Waals surface area contributed by atoms with Crippen molar-refractivity contribution in [1.29, 1.82) is 0 Å². The maximum absolute atomic E-state index is 10.5. The van der Waals surface area contributed by atoms with Crippen LogP contribution in [0.5, 0.6) is 0 Å². The second-order valence-corrected chi connectivity index (χ2v) is 2.05. The molecule has 0 heterocycles. The van der Waals surface area contributed by atoms with Gasteiger partial charge in [0.15, 0.2) is 0 Å². The minimum Gasteiger partial charge on any atom is -0.466 e. The molecule has 0 amide bonds. The molecule has 0 aromatic rings. The quantitative estimate of drug-likeness (QED) is 0.355. The molecule has 0 saturated heterocycles. The summed E-state index contributed by atoms with van der Waals surface area (Å²) in [4.78, 5) is 20.8. The molecular formula is C8H12O4. The third-order valence-corrected chi connectivity index (χ3v) is 1.04. The molecule has 4 heteroatoms. The first-order valence-electron chi connectivity index (χ1n) is 3.54. The Morgan fingerprint density at radius 3 is 2.58 bits per heavy atom. The SMILES string of the molecule is COC(=O)C=CCCOC(C)=O. The van der Waals surface area contributed by atoms with Gasteiger partial charge in [-0.05, 0) is 0 Å². The zero-order valence-corrected chi connectivity index (χ0v) is 7.20. The average molecular weight is 172 g/mol. The summed E-state index contributed by atoms with van der Waals surface area (Å²) >= 11 is 0. The van der Waals surface area contributed by atoms with Gasteiger partial charge in [-0.1, -0.05) is 6.08 Å². The van der Waals surface area contributed by atoms with Gasteiger partial charge in [-0.15, -0.1) is 0 Å². The van der Waals surface area contributed by atoms with Crippen LogP contribution in [0, 0.1) is 0 Å². The van der Waals surface area contributed by atoms with E-state index in [0.717, 1.165) is 0 Å². The third-order valence-electron chi connectivity index (χ3n) is 1.04. The number of carbonyl (C=O) groups is 2. The molecule has 0 unspecified atom stereocenters. The van der Waals surface area contributed by atoms with E-state index in [0.29, 0.717) is 13.0 Å². The molecule has 0 saturated carbocycles. The van der Waals surface area contributed by atoms with Gasteiger partial charge in [0.1, 0.15) is 0 Å². The highest BCUT2D eigenvalue weighted by Gasteiger charge is 1.91. The lowest BCUT2D eigenvalue weighted by atomic mass is 10.4. The van der Waals surface area contributed by atoms with Crippen molar-refractivity contribution in [3.8, 4) is 0 Å². The van der Waals surface area contributed by atoms with E-state index in [-0.39, 0.29) is 5.97 Å². The highest BCUT2D eigenvalue weighted by molar-refractivity contribution is 5.81. The summed E-state index contributed by atoms with van der Waals surface area (Å²) in [6.45, 7) is 1.63. The molecule has 0 atom stereocenters. The van der Waals surface area contributed by atoms with Crippen molar-refractivity contribution in [2.24, 2.45) is 0 Å². The molecule has 0 fully saturated rings. The molecule has 0 aliphatic rings. The fourth-order valence-electron chi connectivity index (χ4n) is 0.518. The molecule has 68 valence electrons. The lowest BCUT2D eigenvalue weighted by molar-refractivity contribution is -0.140. The Bertz CT molecular complexity index is 183. The van der Waals surface area contributed by atoms with Gasteiger partial charge >= 0.3 is 11.9 Å². The summed E-state index contributed by atoms with van der Waals surface area (Å²) in [5, 5.41) is 0. The van der Waals surface area contributed by atoms with E-state index in [9.17, 15) is 9.59 Å². The van der Waals surface area contributed by atoms with Gasteiger partial charge < -0.3 is 9.47 Å². The number of esters is 2. The molecular weight excluding hydrogens is 160 g/mol. The van der Waals surface area contributed by atoms with Crippen molar-refractivity contribution in [1.82, 2.24) is 0 Å². The Morgan fingerprint density at radius 1 is 1.42 bits per heavy atom. The first-order valence-corrected chi connectivity index (χ1v) is 3.54. The molecule has 0 bridgehead atoms. The Balaban J connectivity index is 3.36. The highest BCUT2D eigenvalue weighted by Crippen LogP contribution is 1.87. The largest absolute Gasteiger partial charge is 0.466 e. The second kappa shape index (κ2) is 6.39. The van der Waals surface area contributed by atoms with E-state index >= 15 is 0 Å². The number of methoxy groups -OCH3 is 1. The van der Waals surface area contributed by atoms with Crippen molar-refractivity contribution >= 4 is 11.9 Å². The van der Waals surface area contributed by atoms with E-state index in [1.165, 1.54) is 20.1 Å². The van der Waals surface area contributed by atoms with Crippen molar-refractivity contribution in [3.05, 3.63) is 12.2 Å². The summed E-state index contributed by atoms with van der Waals surface area (Å²) < 4.78 is 8.96. The van der Waals surface area contributed by atoms with Gasteiger partial charge in [0.05, 0.1) is 13.7 Å². The van der Waals surface area contributed by atoms with Crippen LogP contribution in [-0.4, -0.2) is 25.7 Å². The van der Waals surface area contributed by atoms with E-state index < -0.39 is 5.97 Å². The normalized spacial score (nSPS) is 9.83. The Labute approximate surface area is 71.2 Å². The zero-order valence-electron chi connectivity index (χ0n) is 7.20. The molecule has 0 radical (unpaired) electrons. The van der Waals surface area contributed by atoms with Crippen LogP contribution in [-0.2, 0) is 19.1 Å². The monoisotopic (exact) mass is 172 g/mol. The van der Waals surface area contributed by atoms with Crippen LogP contribution in [0.25, 0.3) is 0 Å². The van der Waals surface area contributed by atoms with Gasteiger partial charge in [0.2, 0.25) is 0 Å². The smallest absolute Gasteiger partial charge is 0.330 e. The molecule has 4 nitrogen and oxygen atoms in total. The van der Waals surface area contributed by atoms with Crippen molar-refractivity contribution in [2.45, 2.75) is 13.3 Å². The van der Waals surface area contributed by atoms with Crippen LogP contribution in [0.1, 0.15) is 13.3 Å². The fourth-order valence-corrected chi connectivity index (χ4v) is 0.518. The predicted molar refractivity (Wildman–Crippen MR) is 42.4 cm³/mol. The lowest BCUT2D eigenvalue weighted by Crippen LogP contribution is -1.99. The molecule has 0 rings (SSSR count). The molecule has 0 aliphatic carbocycles. The topological polar surface area (TPSA) is 52.6 Å². The summed E-state index contributed by atoms with van der Waals surface area (Å²) in [5.41, 5.74) is 0. The Hall–Kier alpha value is -1.32. The van der Waals surface area contributed by atoms with Crippen LogP contribution >= 0.6 is 0 Å². The van der Waals surface area contributed by atoms with Gasteiger partial charge in [0.25, 0.3) is 0 Å². The third kappa shape index (κ3) is 6.80. The summed E-state index contributed by atoms with van der Waals surface area (Å²) in [7, 11) is 1.30. The van der Waals surface area contributed by atoms with Gasteiger partial charge in [-0.3, -0.25) is 4.79 Å². The second-order valence-electron chi connectivity index (χ2n) is 2.05.